The highest BCUT2D eigenvalue weighted by atomic mass is 31.1. The van der Waals surface area contributed by atoms with Crippen molar-refractivity contribution in [3.05, 3.63) is 78.0 Å². The number of rotatable bonds is 2. The van der Waals surface area contributed by atoms with Crippen LogP contribution in [0.25, 0.3) is 11.3 Å². The van der Waals surface area contributed by atoms with Crippen molar-refractivity contribution in [3.63, 3.8) is 0 Å². The summed E-state index contributed by atoms with van der Waals surface area (Å²) in [4.78, 5) is 4.25. The van der Waals surface area contributed by atoms with Gasteiger partial charge in [-0.2, -0.15) is 0 Å². The van der Waals surface area contributed by atoms with Crippen molar-refractivity contribution in [3.8, 4) is 23.6 Å². The molecule has 1 aromatic heterocycles. The normalized spacial score (nSPS) is 16.4. The zero-order valence-corrected chi connectivity index (χ0v) is 14.7. The van der Waals surface area contributed by atoms with Crippen LogP contribution >= 0.6 is 8.58 Å². The van der Waals surface area contributed by atoms with E-state index in [1.54, 1.807) is 11.8 Å². The van der Waals surface area contributed by atoms with Gasteiger partial charge in [-0.1, -0.05) is 47.9 Å². The minimum Gasteiger partial charge on any atom is -0.256 e. The van der Waals surface area contributed by atoms with Crippen LogP contribution < -0.4 is 0 Å². The van der Waals surface area contributed by atoms with Crippen LogP contribution in [0.3, 0.4) is 0 Å². The zero-order valence-electron chi connectivity index (χ0n) is 13.7. The van der Waals surface area contributed by atoms with Crippen molar-refractivity contribution in [1.82, 2.24) is 4.98 Å². The van der Waals surface area contributed by atoms with Crippen LogP contribution in [0.5, 0.6) is 0 Å². The van der Waals surface area contributed by atoms with Crippen LogP contribution in [0.2, 0.25) is 0 Å². The molecule has 0 bridgehead atoms. The van der Waals surface area contributed by atoms with Crippen molar-refractivity contribution in [2.75, 3.05) is 6.66 Å². The molecule has 116 valence electrons. The Balaban J connectivity index is 0.000000185. The molecule has 1 heterocycles. The summed E-state index contributed by atoms with van der Waals surface area (Å²) in [5.41, 5.74) is 5.36. The standard InChI is InChI=1S/C13H9N.C8H13P/c1-2-11-6-8-12(9-7-11)13-5-3-4-10-14-13;1-7-5-3-4-6-8(7)9-2/h1,3-10H;3-5,8-9H,6H2,1-2H3. The van der Waals surface area contributed by atoms with Gasteiger partial charge in [-0.15, -0.1) is 15.0 Å². The van der Waals surface area contributed by atoms with Gasteiger partial charge in [0, 0.05) is 23.0 Å². The maximum atomic E-state index is 5.27. The lowest BCUT2D eigenvalue weighted by atomic mass is 10.1. The van der Waals surface area contributed by atoms with Crippen molar-refractivity contribution in [2.45, 2.75) is 19.0 Å². The molecule has 0 amide bonds. The molecule has 2 heteroatoms. The number of pyridine rings is 1. The number of hydrogen-bond acceptors (Lipinski definition) is 1. The van der Waals surface area contributed by atoms with Crippen molar-refractivity contribution < 1.29 is 0 Å². The summed E-state index contributed by atoms with van der Waals surface area (Å²) in [5, 5.41) is 0. The van der Waals surface area contributed by atoms with E-state index in [2.05, 4.69) is 42.7 Å². The third-order valence-corrected chi connectivity index (χ3v) is 5.17. The topological polar surface area (TPSA) is 12.9 Å². The Morgan fingerprint density at radius 3 is 2.48 bits per heavy atom. The molecule has 2 aromatic rings. The molecule has 0 saturated heterocycles. The van der Waals surface area contributed by atoms with Gasteiger partial charge in [0.1, 0.15) is 0 Å². The Hall–Kier alpha value is -2.16. The summed E-state index contributed by atoms with van der Waals surface area (Å²) in [6.45, 7) is 4.51. The first-order valence-corrected chi connectivity index (χ1v) is 9.31. The average Bonchev–Trinajstić information content (AvgIpc) is 2.63. The van der Waals surface area contributed by atoms with Crippen LogP contribution in [0.1, 0.15) is 18.9 Å². The minimum atomic E-state index is 0.856. The van der Waals surface area contributed by atoms with Gasteiger partial charge in [0.25, 0.3) is 0 Å². The van der Waals surface area contributed by atoms with E-state index in [1.807, 2.05) is 42.5 Å². The lowest BCUT2D eigenvalue weighted by Gasteiger charge is -2.15. The fourth-order valence-corrected chi connectivity index (χ4v) is 3.28. The molecular weight excluding hydrogens is 297 g/mol. The SMILES string of the molecule is C#Cc1ccc(-c2ccccn2)cc1.CPC1CC=CC=C1C. The lowest BCUT2D eigenvalue weighted by molar-refractivity contribution is 0.977. The summed E-state index contributed by atoms with van der Waals surface area (Å²) in [6, 6.07) is 13.7. The van der Waals surface area contributed by atoms with Gasteiger partial charge in [0.15, 0.2) is 0 Å². The van der Waals surface area contributed by atoms with Gasteiger partial charge in [-0.05, 0) is 44.3 Å². The van der Waals surface area contributed by atoms with Crippen LogP contribution in [0, 0.1) is 12.3 Å². The van der Waals surface area contributed by atoms with E-state index in [1.165, 1.54) is 6.42 Å². The Bertz CT molecular complexity index is 706. The molecule has 3 rings (SSSR count). The molecule has 0 N–H and O–H groups in total. The quantitative estimate of drug-likeness (QED) is 0.541. The molecule has 1 aliphatic carbocycles. The summed E-state index contributed by atoms with van der Waals surface area (Å²) in [6.07, 6.45) is 15.0. The van der Waals surface area contributed by atoms with E-state index < -0.39 is 0 Å². The summed E-state index contributed by atoms with van der Waals surface area (Å²) >= 11 is 0. The first-order valence-electron chi connectivity index (χ1n) is 7.73. The van der Waals surface area contributed by atoms with Crippen LogP contribution in [0.4, 0.5) is 0 Å². The van der Waals surface area contributed by atoms with Gasteiger partial charge in [0.2, 0.25) is 0 Å². The highest BCUT2D eigenvalue weighted by Crippen LogP contribution is 2.27. The zero-order chi connectivity index (χ0) is 16.5. The van der Waals surface area contributed by atoms with Crippen LogP contribution in [-0.4, -0.2) is 17.3 Å². The maximum absolute atomic E-state index is 5.27. The Labute approximate surface area is 141 Å². The molecule has 0 saturated carbocycles. The van der Waals surface area contributed by atoms with Crippen molar-refractivity contribution in [1.29, 1.82) is 0 Å². The monoisotopic (exact) mass is 319 g/mol. The molecule has 0 radical (unpaired) electrons. The second kappa shape index (κ2) is 9.09. The van der Waals surface area contributed by atoms with Gasteiger partial charge in [-0.3, -0.25) is 4.98 Å². The largest absolute Gasteiger partial charge is 0.256 e. The smallest absolute Gasteiger partial charge is 0.0701 e. The number of allylic oxidation sites excluding steroid dienone is 4. The molecule has 0 fully saturated rings. The third kappa shape index (κ3) is 5.20. The number of aromatic nitrogens is 1. The Morgan fingerprint density at radius 2 is 1.96 bits per heavy atom. The van der Waals surface area contributed by atoms with Gasteiger partial charge < -0.3 is 0 Å². The van der Waals surface area contributed by atoms with Gasteiger partial charge in [0.05, 0.1) is 5.69 Å². The first kappa shape index (κ1) is 17.2. The lowest BCUT2D eigenvalue weighted by Crippen LogP contribution is -2.02. The van der Waals surface area contributed by atoms with Crippen LogP contribution in [-0.2, 0) is 0 Å². The number of benzene rings is 1. The molecular formula is C21H22NP. The van der Waals surface area contributed by atoms with E-state index >= 15 is 0 Å². The molecule has 0 spiro atoms. The van der Waals surface area contributed by atoms with E-state index in [4.69, 9.17) is 6.42 Å². The van der Waals surface area contributed by atoms with E-state index in [-0.39, 0.29) is 0 Å². The minimum absolute atomic E-state index is 0.856. The number of nitrogens with zero attached hydrogens (tertiary/aromatic N) is 1. The van der Waals surface area contributed by atoms with E-state index in [9.17, 15) is 0 Å². The van der Waals surface area contributed by atoms with Gasteiger partial charge in [-0.25, -0.2) is 0 Å². The first-order chi connectivity index (χ1) is 11.2. The van der Waals surface area contributed by atoms with Gasteiger partial charge >= 0.3 is 0 Å². The second-order valence-corrected chi connectivity index (χ2v) is 6.63. The molecule has 0 aliphatic heterocycles. The van der Waals surface area contributed by atoms with Crippen molar-refractivity contribution in [2.24, 2.45) is 0 Å². The Morgan fingerprint density at radius 1 is 1.17 bits per heavy atom. The summed E-state index contributed by atoms with van der Waals surface area (Å²) < 4.78 is 0. The molecule has 2 unspecified atom stereocenters. The molecule has 1 nitrogen and oxygen atoms in total. The number of hydrogen-bond donors (Lipinski definition) is 0. The molecule has 1 aromatic carbocycles. The van der Waals surface area contributed by atoms with E-state index in [0.717, 1.165) is 31.1 Å². The average molecular weight is 319 g/mol. The maximum Gasteiger partial charge on any atom is 0.0701 e. The fraction of sp³-hybridized carbons (Fsp3) is 0.190. The second-order valence-electron chi connectivity index (χ2n) is 5.35. The molecule has 1 aliphatic rings. The van der Waals surface area contributed by atoms with Crippen molar-refractivity contribution >= 4 is 8.58 Å². The molecule has 23 heavy (non-hydrogen) atoms. The number of terminal acetylenes is 1. The third-order valence-electron chi connectivity index (χ3n) is 3.78. The Kier molecular flexibility index (Phi) is 6.79. The molecule has 2 atom stereocenters. The highest BCUT2D eigenvalue weighted by molar-refractivity contribution is 7.38. The summed E-state index contributed by atoms with van der Waals surface area (Å²) in [5.74, 6) is 2.59. The highest BCUT2D eigenvalue weighted by Gasteiger charge is 2.07. The fourth-order valence-electron chi connectivity index (χ4n) is 2.35. The predicted octanol–water partition coefficient (Wildman–Crippen LogP) is 5.30. The van der Waals surface area contributed by atoms with E-state index in [0.29, 0.717) is 0 Å². The predicted molar refractivity (Wildman–Crippen MR) is 103 cm³/mol. The van der Waals surface area contributed by atoms with Crippen LogP contribution in [0.15, 0.2) is 72.5 Å². The summed E-state index contributed by atoms with van der Waals surface area (Å²) in [7, 11) is 1.07.